The van der Waals surface area contributed by atoms with Crippen molar-refractivity contribution in [2.24, 2.45) is 5.41 Å². The number of carbonyl (C=O) groups excluding carboxylic acids is 1. The van der Waals surface area contributed by atoms with E-state index >= 15 is 0 Å². The normalized spacial score (nSPS) is 20.8. The summed E-state index contributed by atoms with van der Waals surface area (Å²) >= 11 is 1.50. The third-order valence-electron chi connectivity index (χ3n) is 5.49. The molecule has 0 bridgehead atoms. The maximum atomic E-state index is 13.4. The number of benzene rings is 1. The Morgan fingerprint density at radius 1 is 0.963 bits per heavy atom. The lowest BCUT2D eigenvalue weighted by molar-refractivity contribution is -0.118. The van der Waals surface area contributed by atoms with Gasteiger partial charge in [0.05, 0.1) is 16.5 Å². The second kappa shape index (κ2) is 5.39. The highest BCUT2D eigenvalue weighted by Crippen LogP contribution is 2.47. The molecular formula is C21H18N2O3S. The molecule has 1 atom stereocenters. The number of carbonyl (C=O) groups is 1. The van der Waals surface area contributed by atoms with Crippen LogP contribution in [0.15, 0.2) is 56.9 Å². The van der Waals surface area contributed by atoms with Crippen LogP contribution in [-0.4, -0.2) is 15.1 Å². The monoisotopic (exact) mass is 378 g/mol. The Morgan fingerprint density at radius 3 is 2.33 bits per heavy atom. The number of fused-ring (bicyclic) bond motifs is 3. The van der Waals surface area contributed by atoms with Gasteiger partial charge in [-0.1, -0.05) is 32.0 Å². The number of aromatic nitrogens is 2. The molecule has 27 heavy (non-hydrogen) atoms. The van der Waals surface area contributed by atoms with Gasteiger partial charge in [-0.05, 0) is 35.4 Å². The van der Waals surface area contributed by atoms with Crippen LogP contribution in [0, 0.1) is 5.41 Å². The van der Waals surface area contributed by atoms with E-state index in [2.05, 4.69) is 0 Å². The molecule has 0 fully saturated rings. The largest absolute Gasteiger partial charge is 0.294 e. The van der Waals surface area contributed by atoms with Crippen LogP contribution in [0.3, 0.4) is 0 Å². The predicted molar refractivity (Wildman–Crippen MR) is 106 cm³/mol. The van der Waals surface area contributed by atoms with E-state index in [0.717, 1.165) is 4.88 Å². The summed E-state index contributed by atoms with van der Waals surface area (Å²) in [6.07, 6.45) is 1.01. The Bertz CT molecular complexity index is 1260. The molecule has 5 rings (SSSR count). The molecule has 6 heteroatoms. The van der Waals surface area contributed by atoms with Crippen molar-refractivity contribution in [2.45, 2.75) is 32.7 Å². The Kier molecular flexibility index (Phi) is 3.28. The Morgan fingerprint density at radius 2 is 1.67 bits per heavy atom. The topological polar surface area (TPSA) is 61.1 Å². The summed E-state index contributed by atoms with van der Waals surface area (Å²) < 4.78 is 2.98. The third kappa shape index (κ3) is 2.19. The third-order valence-corrected chi connectivity index (χ3v) is 6.41. The van der Waals surface area contributed by atoms with E-state index in [1.807, 2.05) is 31.4 Å². The molecule has 0 saturated carbocycles. The molecule has 0 amide bonds. The molecule has 1 aliphatic carbocycles. The zero-order valence-corrected chi connectivity index (χ0v) is 15.9. The van der Waals surface area contributed by atoms with Crippen LogP contribution in [0.4, 0.5) is 0 Å². The average molecular weight is 378 g/mol. The van der Waals surface area contributed by atoms with Gasteiger partial charge in [-0.25, -0.2) is 9.36 Å². The summed E-state index contributed by atoms with van der Waals surface area (Å²) in [5.74, 6) is 0.0266. The highest BCUT2D eigenvalue weighted by molar-refractivity contribution is 7.10. The minimum Gasteiger partial charge on any atom is -0.294 e. The lowest BCUT2D eigenvalue weighted by Gasteiger charge is -2.29. The van der Waals surface area contributed by atoms with Crippen LogP contribution in [0.2, 0.25) is 0 Å². The van der Waals surface area contributed by atoms with Gasteiger partial charge in [0.25, 0.3) is 11.1 Å². The van der Waals surface area contributed by atoms with Crippen molar-refractivity contribution in [3.8, 4) is 0 Å². The Labute approximate surface area is 159 Å². The highest BCUT2D eigenvalue weighted by atomic mass is 32.1. The molecule has 2 aliphatic rings. The number of nitrogens with zero attached hydrogens (tertiary/aromatic N) is 2. The number of hydrogen-bond acceptors (Lipinski definition) is 4. The fraction of sp³-hybridized carbons (Fsp3) is 0.286. The van der Waals surface area contributed by atoms with E-state index in [9.17, 15) is 14.4 Å². The molecule has 1 aliphatic heterocycles. The first-order valence-electron chi connectivity index (χ1n) is 8.96. The van der Waals surface area contributed by atoms with Gasteiger partial charge >= 0.3 is 0 Å². The first kappa shape index (κ1) is 16.4. The Hall–Kier alpha value is -2.73. The molecule has 0 radical (unpaired) electrons. The van der Waals surface area contributed by atoms with Gasteiger partial charge in [0.15, 0.2) is 5.78 Å². The van der Waals surface area contributed by atoms with Gasteiger partial charge in [0.2, 0.25) is 0 Å². The van der Waals surface area contributed by atoms with Crippen LogP contribution in [-0.2, 0) is 4.79 Å². The van der Waals surface area contributed by atoms with E-state index in [-0.39, 0.29) is 22.3 Å². The summed E-state index contributed by atoms with van der Waals surface area (Å²) in [5, 5.41) is 2.72. The van der Waals surface area contributed by atoms with E-state index in [0.29, 0.717) is 34.9 Å². The van der Waals surface area contributed by atoms with Gasteiger partial charge in [0, 0.05) is 16.9 Å². The number of thiophene rings is 1. The van der Waals surface area contributed by atoms with Gasteiger partial charge in [-0.3, -0.25) is 14.4 Å². The van der Waals surface area contributed by atoms with Crippen molar-refractivity contribution < 1.29 is 4.79 Å². The summed E-state index contributed by atoms with van der Waals surface area (Å²) in [6.45, 7) is 4.06. The smallest absolute Gasteiger partial charge is 0.277 e. The second-order valence-corrected chi connectivity index (χ2v) is 9.01. The van der Waals surface area contributed by atoms with E-state index in [1.165, 1.54) is 20.7 Å². The van der Waals surface area contributed by atoms with E-state index in [4.69, 9.17) is 0 Å². The molecule has 0 spiro atoms. The van der Waals surface area contributed by atoms with Crippen LogP contribution in [0.25, 0.3) is 16.5 Å². The minimum atomic E-state index is -0.520. The van der Waals surface area contributed by atoms with Crippen LogP contribution >= 0.6 is 11.3 Å². The molecule has 5 nitrogen and oxygen atoms in total. The summed E-state index contributed by atoms with van der Waals surface area (Å²) in [5.41, 5.74) is 0.575. The Balaban J connectivity index is 1.95. The molecule has 1 aromatic carbocycles. The maximum Gasteiger partial charge on any atom is 0.277 e. The van der Waals surface area contributed by atoms with Crippen molar-refractivity contribution in [1.82, 2.24) is 9.36 Å². The number of hydrogen-bond donors (Lipinski definition) is 0. The van der Waals surface area contributed by atoms with Crippen molar-refractivity contribution in [1.29, 1.82) is 0 Å². The molecule has 0 saturated heterocycles. The lowest BCUT2D eigenvalue weighted by Crippen LogP contribution is -2.37. The van der Waals surface area contributed by atoms with Crippen molar-refractivity contribution in [2.75, 3.05) is 0 Å². The van der Waals surface area contributed by atoms with Gasteiger partial charge in [-0.15, -0.1) is 11.3 Å². The quantitative estimate of drug-likeness (QED) is 0.652. The van der Waals surface area contributed by atoms with E-state index < -0.39 is 6.04 Å². The first-order chi connectivity index (χ1) is 12.9. The van der Waals surface area contributed by atoms with Gasteiger partial charge in [-0.2, -0.15) is 0 Å². The maximum absolute atomic E-state index is 13.4. The molecule has 136 valence electrons. The molecule has 1 unspecified atom stereocenters. The molecule has 3 aromatic rings. The fourth-order valence-electron chi connectivity index (χ4n) is 4.40. The van der Waals surface area contributed by atoms with Crippen molar-refractivity contribution >= 4 is 33.6 Å². The van der Waals surface area contributed by atoms with E-state index in [1.54, 1.807) is 24.3 Å². The van der Waals surface area contributed by atoms with Crippen LogP contribution in [0.1, 0.15) is 37.6 Å². The molecule has 3 heterocycles. The number of allylic oxidation sites excluding steroid dienone is 2. The van der Waals surface area contributed by atoms with Gasteiger partial charge in [0.1, 0.15) is 6.04 Å². The zero-order valence-electron chi connectivity index (χ0n) is 15.1. The lowest BCUT2D eigenvalue weighted by atomic mass is 9.74. The summed E-state index contributed by atoms with van der Waals surface area (Å²) in [4.78, 5) is 40.7. The second-order valence-electron chi connectivity index (χ2n) is 8.03. The van der Waals surface area contributed by atoms with Crippen LogP contribution < -0.4 is 11.1 Å². The SMILES string of the molecule is CC1(C)CC(=O)C2=C(C1)n1c(=O)c3ccccc3c(=O)n1C2c1cccs1. The average Bonchev–Trinajstić information content (AvgIpc) is 3.24. The molecule has 0 N–H and O–H groups in total. The van der Waals surface area contributed by atoms with Crippen molar-refractivity contribution in [3.05, 3.63) is 72.9 Å². The number of rotatable bonds is 1. The minimum absolute atomic E-state index is 0.0266. The number of Topliss-reactive ketones (excluding diaryl/α,β-unsaturated/α-hetero) is 1. The zero-order chi connectivity index (χ0) is 18.9. The molecule has 2 aromatic heterocycles. The summed E-state index contributed by atoms with van der Waals surface area (Å²) in [7, 11) is 0. The molecular weight excluding hydrogens is 360 g/mol. The highest BCUT2D eigenvalue weighted by Gasteiger charge is 2.44. The fourth-order valence-corrected chi connectivity index (χ4v) is 5.22. The van der Waals surface area contributed by atoms with Crippen LogP contribution in [0.5, 0.6) is 0 Å². The first-order valence-corrected chi connectivity index (χ1v) is 9.84. The number of ketones is 1. The van der Waals surface area contributed by atoms with Crippen molar-refractivity contribution in [3.63, 3.8) is 0 Å². The predicted octanol–water partition coefficient (Wildman–Crippen LogP) is 3.43. The van der Waals surface area contributed by atoms with Gasteiger partial charge < -0.3 is 0 Å². The standard InChI is InChI=1S/C21H18N2O3S/c1-21(2)10-14-17(15(24)11-21)18(16-8-5-9-27-16)23-20(26)13-7-4-3-6-12(13)19(25)22(14)23/h3-9,18H,10-11H2,1-2H3. The summed E-state index contributed by atoms with van der Waals surface area (Å²) in [6, 6.07) is 10.2.